The first kappa shape index (κ1) is 15.1. The lowest BCUT2D eigenvalue weighted by Crippen LogP contribution is -2.45. The molecule has 0 aromatic heterocycles. The van der Waals surface area contributed by atoms with E-state index in [2.05, 4.69) is 5.32 Å². The fourth-order valence-corrected chi connectivity index (χ4v) is 2.42. The lowest BCUT2D eigenvalue weighted by molar-refractivity contribution is -0.148. The standard InChI is InChI=1S/C14H19F3N2O/c15-14(16,17)10-19-7-5-12(6-8-19)18-9-11-1-3-13(20)4-2-11/h1-4,12,18,20H,5-10H2. The number of nitrogens with one attached hydrogen (secondary N) is 1. The van der Waals surface area contributed by atoms with Crippen LogP contribution in [-0.2, 0) is 6.54 Å². The van der Waals surface area contributed by atoms with E-state index in [1.807, 2.05) is 12.1 Å². The van der Waals surface area contributed by atoms with Gasteiger partial charge in [-0.2, -0.15) is 13.2 Å². The van der Waals surface area contributed by atoms with Gasteiger partial charge in [0, 0.05) is 12.6 Å². The van der Waals surface area contributed by atoms with E-state index < -0.39 is 12.7 Å². The molecule has 1 aromatic rings. The molecule has 1 heterocycles. The maximum Gasteiger partial charge on any atom is 0.401 e. The fraction of sp³-hybridized carbons (Fsp3) is 0.571. The summed E-state index contributed by atoms with van der Waals surface area (Å²) in [6, 6.07) is 7.18. The van der Waals surface area contributed by atoms with Gasteiger partial charge >= 0.3 is 6.18 Å². The van der Waals surface area contributed by atoms with E-state index in [9.17, 15) is 18.3 Å². The summed E-state index contributed by atoms with van der Waals surface area (Å²) in [4.78, 5) is 1.46. The predicted molar refractivity (Wildman–Crippen MR) is 70.5 cm³/mol. The summed E-state index contributed by atoms with van der Waals surface area (Å²) in [5, 5.41) is 12.5. The van der Waals surface area contributed by atoms with Crippen LogP contribution in [0.3, 0.4) is 0 Å². The minimum Gasteiger partial charge on any atom is -0.508 e. The summed E-state index contributed by atoms with van der Waals surface area (Å²) >= 11 is 0. The van der Waals surface area contributed by atoms with Crippen molar-refractivity contribution in [2.24, 2.45) is 0 Å². The van der Waals surface area contributed by atoms with E-state index >= 15 is 0 Å². The number of aromatic hydroxyl groups is 1. The predicted octanol–water partition coefficient (Wildman–Crippen LogP) is 2.51. The highest BCUT2D eigenvalue weighted by Gasteiger charge is 2.32. The van der Waals surface area contributed by atoms with Gasteiger partial charge in [0.2, 0.25) is 0 Å². The molecule has 0 radical (unpaired) electrons. The Morgan fingerprint density at radius 1 is 1.15 bits per heavy atom. The molecule has 0 atom stereocenters. The van der Waals surface area contributed by atoms with Crippen molar-refractivity contribution in [3.8, 4) is 5.75 Å². The van der Waals surface area contributed by atoms with Crippen LogP contribution in [0.5, 0.6) is 5.75 Å². The van der Waals surface area contributed by atoms with E-state index in [4.69, 9.17) is 0 Å². The summed E-state index contributed by atoms with van der Waals surface area (Å²) in [5.41, 5.74) is 1.06. The summed E-state index contributed by atoms with van der Waals surface area (Å²) in [6.07, 6.45) is -2.64. The fourth-order valence-electron chi connectivity index (χ4n) is 2.42. The normalized spacial score (nSPS) is 18.4. The van der Waals surface area contributed by atoms with Crippen molar-refractivity contribution in [3.05, 3.63) is 29.8 Å². The molecule has 2 N–H and O–H groups in total. The van der Waals surface area contributed by atoms with Crippen molar-refractivity contribution in [2.45, 2.75) is 31.6 Å². The van der Waals surface area contributed by atoms with Crippen molar-refractivity contribution in [1.29, 1.82) is 0 Å². The topological polar surface area (TPSA) is 35.5 Å². The summed E-state index contributed by atoms with van der Waals surface area (Å²) in [7, 11) is 0. The number of nitrogens with zero attached hydrogens (tertiary/aromatic N) is 1. The van der Waals surface area contributed by atoms with Crippen LogP contribution >= 0.6 is 0 Å². The Morgan fingerprint density at radius 2 is 1.75 bits per heavy atom. The van der Waals surface area contributed by atoms with Gasteiger partial charge in [-0.15, -0.1) is 0 Å². The zero-order valence-corrected chi connectivity index (χ0v) is 11.2. The Balaban J connectivity index is 1.70. The van der Waals surface area contributed by atoms with Crippen molar-refractivity contribution in [2.75, 3.05) is 19.6 Å². The molecule has 3 nitrogen and oxygen atoms in total. The molecule has 0 unspecified atom stereocenters. The first-order chi connectivity index (χ1) is 9.42. The van der Waals surface area contributed by atoms with E-state index in [1.54, 1.807) is 12.1 Å². The summed E-state index contributed by atoms with van der Waals surface area (Å²) in [5.74, 6) is 0.231. The minimum atomic E-state index is -4.10. The maximum atomic E-state index is 12.3. The second-order valence-electron chi connectivity index (χ2n) is 5.21. The van der Waals surface area contributed by atoms with Gasteiger partial charge in [0.05, 0.1) is 6.54 Å². The quantitative estimate of drug-likeness (QED) is 0.893. The van der Waals surface area contributed by atoms with Gasteiger partial charge in [0.1, 0.15) is 5.75 Å². The van der Waals surface area contributed by atoms with E-state index in [1.165, 1.54) is 4.90 Å². The van der Waals surface area contributed by atoms with Crippen molar-refractivity contribution in [1.82, 2.24) is 10.2 Å². The molecule has 0 saturated carbocycles. The molecule has 112 valence electrons. The number of hydrogen-bond acceptors (Lipinski definition) is 3. The third-order valence-electron chi connectivity index (χ3n) is 3.52. The number of phenols is 1. The average molecular weight is 288 g/mol. The van der Waals surface area contributed by atoms with Gasteiger partial charge in [-0.3, -0.25) is 4.90 Å². The molecule has 0 amide bonds. The first-order valence-corrected chi connectivity index (χ1v) is 6.73. The van der Waals surface area contributed by atoms with Crippen LogP contribution in [0.2, 0.25) is 0 Å². The number of halogens is 3. The monoisotopic (exact) mass is 288 g/mol. The molecular weight excluding hydrogens is 269 g/mol. The number of likely N-dealkylation sites (tertiary alicyclic amines) is 1. The Bertz CT molecular complexity index is 411. The van der Waals surface area contributed by atoms with Crippen LogP contribution in [0.4, 0.5) is 13.2 Å². The Kier molecular flexibility index (Phi) is 4.88. The lowest BCUT2D eigenvalue weighted by Gasteiger charge is -2.32. The number of alkyl halides is 3. The number of phenolic OH excluding ortho intramolecular Hbond substituents is 1. The van der Waals surface area contributed by atoms with Crippen LogP contribution in [0, 0.1) is 0 Å². The van der Waals surface area contributed by atoms with Gasteiger partial charge in [-0.1, -0.05) is 12.1 Å². The molecule has 0 bridgehead atoms. The van der Waals surface area contributed by atoms with Crippen LogP contribution in [0.1, 0.15) is 18.4 Å². The molecule has 1 fully saturated rings. The molecule has 1 aromatic carbocycles. The highest BCUT2D eigenvalue weighted by Crippen LogP contribution is 2.20. The molecule has 2 rings (SSSR count). The molecule has 1 saturated heterocycles. The zero-order chi connectivity index (χ0) is 14.6. The molecule has 0 spiro atoms. The van der Waals surface area contributed by atoms with E-state index in [0.29, 0.717) is 19.6 Å². The first-order valence-electron chi connectivity index (χ1n) is 6.73. The zero-order valence-electron chi connectivity index (χ0n) is 11.2. The molecule has 6 heteroatoms. The Labute approximate surface area is 116 Å². The van der Waals surface area contributed by atoms with Crippen molar-refractivity contribution < 1.29 is 18.3 Å². The smallest absolute Gasteiger partial charge is 0.401 e. The largest absolute Gasteiger partial charge is 0.508 e. The van der Waals surface area contributed by atoms with Crippen LogP contribution in [-0.4, -0.2) is 41.9 Å². The Morgan fingerprint density at radius 3 is 2.30 bits per heavy atom. The Hall–Kier alpha value is -1.27. The lowest BCUT2D eigenvalue weighted by atomic mass is 10.0. The van der Waals surface area contributed by atoms with Gasteiger partial charge in [-0.25, -0.2) is 0 Å². The maximum absolute atomic E-state index is 12.3. The summed E-state index contributed by atoms with van der Waals surface area (Å²) in [6.45, 7) is 0.821. The van der Waals surface area contributed by atoms with Gasteiger partial charge in [0.15, 0.2) is 0 Å². The molecule has 0 aliphatic carbocycles. The van der Waals surface area contributed by atoms with E-state index in [0.717, 1.165) is 18.4 Å². The van der Waals surface area contributed by atoms with Gasteiger partial charge in [-0.05, 0) is 43.6 Å². The van der Waals surface area contributed by atoms with Crippen LogP contribution in [0.25, 0.3) is 0 Å². The molecule has 20 heavy (non-hydrogen) atoms. The highest BCUT2D eigenvalue weighted by atomic mass is 19.4. The number of piperidine rings is 1. The molecular formula is C14H19F3N2O. The van der Waals surface area contributed by atoms with Crippen LogP contribution < -0.4 is 5.32 Å². The van der Waals surface area contributed by atoms with Crippen molar-refractivity contribution in [3.63, 3.8) is 0 Å². The third kappa shape index (κ3) is 5.02. The highest BCUT2D eigenvalue weighted by molar-refractivity contribution is 5.25. The van der Waals surface area contributed by atoms with Crippen LogP contribution in [0.15, 0.2) is 24.3 Å². The number of hydrogen-bond donors (Lipinski definition) is 2. The molecule has 1 aliphatic heterocycles. The van der Waals surface area contributed by atoms with Gasteiger partial charge in [0.25, 0.3) is 0 Å². The third-order valence-corrected chi connectivity index (χ3v) is 3.52. The second kappa shape index (κ2) is 6.45. The molecule has 1 aliphatic rings. The number of benzene rings is 1. The van der Waals surface area contributed by atoms with Gasteiger partial charge < -0.3 is 10.4 Å². The SMILES string of the molecule is Oc1ccc(CNC2CCN(CC(F)(F)F)CC2)cc1. The van der Waals surface area contributed by atoms with E-state index in [-0.39, 0.29) is 11.8 Å². The number of rotatable bonds is 4. The summed E-state index contributed by atoms with van der Waals surface area (Å²) < 4.78 is 36.8. The second-order valence-corrected chi connectivity index (χ2v) is 5.21. The minimum absolute atomic E-state index is 0.231. The average Bonchev–Trinajstić information content (AvgIpc) is 2.38. The van der Waals surface area contributed by atoms with Crippen molar-refractivity contribution >= 4 is 0 Å².